The molecule has 3 rings (SSSR count). The molecule has 1 heterocycles. The molecule has 1 saturated heterocycles. The predicted molar refractivity (Wildman–Crippen MR) is 80.0 cm³/mol. The molecule has 0 radical (unpaired) electrons. The van der Waals surface area contributed by atoms with E-state index in [2.05, 4.69) is 15.4 Å². The Labute approximate surface area is 128 Å². The number of cyclic esters (lactones) is 2. The van der Waals surface area contributed by atoms with Crippen molar-refractivity contribution < 1.29 is 19.1 Å². The maximum absolute atomic E-state index is 12.3. The molecule has 0 spiro atoms. The lowest BCUT2D eigenvalue weighted by Gasteiger charge is -2.26. The second kappa shape index (κ2) is 5.79. The number of fused-ring (bicyclic) bond motifs is 1. The molecule has 2 fully saturated rings. The van der Waals surface area contributed by atoms with Crippen molar-refractivity contribution in [2.45, 2.75) is 19.3 Å². The van der Waals surface area contributed by atoms with Crippen molar-refractivity contribution in [3.8, 4) is 0 Å². The number of carbonyl (C=O) groups is 3. The maximum Gasteiger partial charge on any atom is 0.317 e. The number of nitrogens with one attached hydrogen (secondary N) is 2. The third-order valence-corrected chi connectivity index (χ3v) is 4.47. The van der Waals surface area contributed by atoms with Crippen molar-refractivity contribution in [2.75, 3.05) is 17.7 Å². The Morgan fingerprint density at radius 3 is 2.36 bits per heavy atom. The molecule has 116 valence electrons. The molecule has 1 aliphatic heterocycles. The number of rotatable bonds is 3. The Hall–Kier alpha value is -2.37. The fourth-order valence-electron chi connectivity index (χ4n) is 3.17. The van der Waals surface area contributed by atoms with Gasteiger partial charge in [0.25, 0.3) is 0 Å². The molecule has 0 aromatic heterocycles. The normalized spacial score (nSPS) is 27.0. The van der Waals surface area contributed by atoms with Gasteiger partial charge in [-0.3, -0.25) is 14.4 Å². The van der Waals surface area contributed by atoms with Gasteiger partial charge in [0, 0.05) is 24.3 Å². The smallest absolute Gasteiger partial charge is 0.317 e. The van der Waals surface area contributed by atoms with Crippen LogP contribution in [0.1, 0.15) is 19.3 Å². The lowest BCUT2D eigenvalue weighted by molar-refractivity contribution is -0.153. The number of carbonyl (C=O) groups excluding carboxylic acids is 3. The highest BCUT2D eigenvalue weighted by molar-refractivity contribution is 5.98. The third-order valence-electron chi connectivity index (χ3n) is 4.47. The largest absolute Gasteiger partial charge is 0.393 e. The van der Waals surface area contributed by atoms with E-state index >= 15 is 0 Å². The van der Waals surface area contributed by atoms with Crippen LogP contribution < -0.4 is 10.6 Å². The van der Waals surface area contributed by atoms with E-state index in [0.717, 1.165) is 11.4 Å². The van der Waals surface area contributed by atoms with Crippen LogP contribution in [0.3, 0.4) is 0 Å². The summed E-state index contributed by atoms with van der Waals surface area (Å²) >= 11 is 0. The topological polar surface area (TPSA) is 84.5 Å². The van der Waals surface area contributed by atoms with Crippen molar-refractivity contribution in [1.82, 2.24) is 0 Å². The summed E-state index contributed by atoms with van der Waals surface area (Å²) < 4.78 is 4.66. The molecule has 3 unspecified atom stereocenters. The Kier molecular flexibility index (Phi) is 3.83. The number of benzene rings is 1. The maximum atomic E-state index is 12.3. The van der Waals surface area contributed by atoms with Gasteiger partial charge in [-0.25, -0.2) is 0 Å². The Balaban J connectivity index is 1.63. The van der Waals surface area contributed by atoms with Gasteiger partial charge in [-0.05, 0) is 43.5 Å². The van der Waals surface area contributed by atoms with Crippen molar-refractivity contribution in [2.24, 2.45) is 17.8 Å². The lowest BCUT2D eigenvalue weighted by Crippen LogP contribution is -2.33. The summed E-state index contributed by atoms with van der Waals surface area (Å²) in [7, 11) is 1.83. The van der Waals surface area contributed by atoms with Gasteiger partial charge in [0.05, 0.1) is 11.8 Å². The van der Waals surface area contributed by atoms with E-state index in [-0.39, 0.29) is 17.7 Å². The van der Waals surface area contributed by atoms with Gasteiger partial charge in [-0.15, -0.1) is 0 Å². The molecule has 1 aromatic carbocycles. The minimum absolute atomic E-state index is 0.109. The van der Waals surface area contributed by atoms with E-state index in [4.69, 9.17) is 0 Å². The van der Waals surface area contributed by atoms with Crippen molar-refractivity contribution in [3.63, 3.8) is 0 Å². The van der Waals surface area contributed by atoms with E-state index in [0.29, 0.717) is 19.3 Å². The fraction of sp³-hybridized carbons (Fsp3) is 0.438. The predicted octanol–water partition coefficient (Wildman–Crippen LogP) is 1.78. The highest BCUT2D eigenvalue weighted by Crippen LogP contribution is 2.39. The molecular weight excluding hydrogens is 284 g/mol. The van der Waals surface area contributed by atoms with Crippen LogP contribution in [0.5, 0.6) is 0 Å². The molecule has 1 aromatic rings. The van der Waals surface area contributed by atoms with E-state index < -0.39 is 17.9 Å². The number of anilines is 2. The van der Waals surface area contributed by atoms with E-state index in [1.807, 2.05) is 31.3 Å². The van der Waals surface area contributed by atoms with Crippen LogP contribution in [0, 0.1) is 17.8 Å². The van der Waals surface area contributed by atoms with Gasteiger partial charge < -0.3 is 15.4 Å². The summed E-state index contributed by atoms with van der Waals surface area (Å²) in [6, 6.07) is 7.39. The van der Waals surface area contributed by atoms with Crippen molar-refractivity contribution >= 4 is 29.2 Å². The molecule has 3 atom stereocenters. The first-order valence-electron chi connectivity index (χ1n) is 7.42. The molecule has 2 aliphatic rings. The number of hydrogen-bond donors (Lipinski definition) is 2. The van der Waals surface area contributed by atoms with Gasteiger partial charge >= 0.3 is 11.9 Å². The Morgan fingerprint density at radius 1 is 1.05 bits per heavy atom. The van der Waals surface area contributed by atoms with Gasteiger partial charge in [0.2, 0.25) is 5.91 Å². The fourth-order valence-corrected chi connectivity index (χ4v) is 3.17. The molecule has 6 heteroatoms. The Bertz CT molecular complexity index is 611. The second-order valence-electron chi connectivity index (χ2n) is 5.78. The van der Waals surface area contributed by atoms with E-state index in [9.17, 15) is 14.4 Å². The summed E-state index contributed by atoms with van der Waals surface area (Å²) in [6.45, 7) is 0. The minimum atomic E-state index is -0.481. The van der Waals surface area contributed by atoms with Gasteiger partial charge in [-0.1, -0.05) is 0 Å². The van der Waals surface area contributed by atoms with E-state index in [1.54, 1.807) is 0 Å². The number of ether oxygens (including phenoxy) is 1. The summed E-state index contributed by atoms with van der Waals surface area (Å²) in [5.41, 5.74) is 1.68. The van der Waals surface area contributed by atoms with Crippen LogP contribution >= 0.6 is 0 Å². The molecule has 1 aliphatic carbocycles. The van der Waals surface area contributed by atoms with Crippen LogP contribution in [0.15, 0.2) is 24.3 Å². The van der Waals surface area contributed by atoms with Gasteiger partial charge in [-0.2, -0.15) is 0 Å². The molecule has 6 nitrogen and oxygen atoms in total. The molecule has 1 amide bonds. The van der Waals surface area contributed by atoms with Crippen LogP contribution in [0.4, 0.5) is 11.4 Å². The zero-order valence-corrected chi connectivity index (χ0v) is 12.3. The first-order valence-corrected chi connectivity index (χ1v) is 7.42. The second-order valence-corrected chi connectivity index (χ2v) is 5.78. The first-order chi connectivity index (χ1) is 10.6. The molecular formula is C16H18N2O4. The highest BCUT2D eigenvalue weighted by Gasteiger charge is 2.48. The highest BCUT2D eigenvalue weighted by atomic mass is 16.6. The lowest BCUT2D eigenvalue weighted by atomic mass is 9.75. The van der Waals surface area contributed by atoms with Crippen LogP contribution in [0.2, 0.25) is 0 Å². The number of esters is 2. The summed E-state index contributed by atoms with van der Waals surface area (Å²) in [4.78, 5) is 35.5. The van der Waals surface area contributed by atoms with Gasteiger partial charge in [0.15, 0.2) is 0 Å². The van der Waals surface area contributed by atoms with Crippen LogP contribution in [-0.4, -0.2) is 24.9 Å². The summed E-state index contributed by atoms with van der Waals surface area (Å²) in [6.07, 6.45) is 1.52. The van der Waals surface area contributed by atoms with Crippen LogP contribution in [-0.2, 0) is 19.1 Å². The molecule has 1 saturated carbocycles. The van der Waals surface area contributed by atoms with E-state index in [1.165, 1.54) is 0 Å². The minimum Gasteiger partial charge on any atom is -0.393 e. The average Bonchev–Trinajstić information content (AvgIpc) is 2.82. The average molecular weight is 302 g/mol. The number of hydrogen-bond acceptors (Lipinski definition) is 5. The quantitative estimate of drug-likeness (QED) is 0.657. The third kappa shape index (κ3) is 2.68. The zero-order valence-electron chi connectivity index (χ0n) is 12.3. The SMILES string of the molecule is CNc1ccc(NC(=O)C2CCC3C(=O)OC(=O)C3C2)cc1. The monoisotopic (exact) mass is 302 g/mol. The van der Waals surface area contributed by atoms with Crippen molar-refractivity contribution in [1.29, 1.82) is 0 Å². The summed E-state index contributed by atoms with van der Waals surface area (Å²) in [5, 5.41) is 5.87. The standard InChI is InChI=1S/C16H18N2O4/c1-17-10-3-5-11(6-4-10)18-14(19)9-2-7-12-13(8-9)16(21)22-15(12)20/h3-6,9,12-13,17H,2,7-8H2,1H3,(H,18,19). The first kappa shape index (κ1) is 14.6. The molecule has 2 N–H and O–H groups in total. The van der Waals surface area contributed by atoms with Crippen molar-refractivity contribution in [3.05, 3.63) is 24.3 Å². The van der Waals surface area contributed by atoms with Gasteiger partial charge in [0.1, 0.15) is 0 Å². The number of amides is 1. The zero-order chi connectivity index (χ0) is 15.7. The van der Waals surface area contributed by atoms with Crippen LogP contribution in [0.25, 0.3) is 0 Å². The summed E-state index contributed by atoms with van der Waals surface area (Å²) in [5.74, 6) is -2.09. The molecule has 22 heavy (non-hydrogen) atoms. The molecule has 0 bridgehead atoms. The Morgan fingerprint density at radius 2 is 1.68 bits per heavy atom.